The molecule has 0 amide bonds. The summed E-state index contributed by atoms with van der Waals surface area (Å²) in [4.78, 5) is 0. The van der Waals surface area contributed by atoms with Crippen LogP contribution in [0.25, 0.3) is 0 Å². The molecular formula is C16H25NO2. The van der Waals surface area contributed by atoms with Gasteiger partial charge < -0.3 is 15.2 Å². The van der Waals surface area contributed by atoms with Crippen LogP contribution in [-0.4, -0.2) is 36.5 Å². The molecule has 1 aliphatic heterocycles. The first-order valence-electron chi connectivity index (χ1n) is 7.16. The maximum Gasteiger partial charge on any atom is 0.102 e. The Bertz CT molecular complexity index is 399. The van der Waals surface area contributed by atoms with E-state index in [1.807, 2.05) is 0 Å². The molecule has 0 saturated carbocycles. The number of ether oxygens (including phenoxy) is 1. The molecule has 3 heteroatoms. The number of aryl methyl sites for hydroxylation is 2. The first-order valence-corrected chi connectivity index (χ1v) is 7.16. The molecule has 2 atom stereocenters. The number of hydrogen-bond acceptors (Lipinski definition) is 3. The van der Waals surface area contributed by atoms with Gasteiger partial charge in [0.2, 0.25) is 0 Å². The van der Waals surface area contributed by atoms with Gasteiger partial charge in [-0.1, -0.05) is 29.8 Å². The first-order chi connectivity index (χ1) is 9.07. The van der Waals surface area contributed by atoms with E-state index in [2.05, 4.69) is 43.4 Å². The highest BCUT2D eigenvalue weighted by Gasteiger charge is 2.31. The van der Waals surface area contributed by atoms with E-state index in [4.69, 9.17) is 4.74 Å². The molecule has 0 bridgehead atoms. The third-order valence-corrected chi connectivity index (χ3v) is 3.81. The summed E-state index contributed by atoms with van der Waals surface area (Å²) in [5, 5.41) is 13.6. The Morgan fingerprint density at radius 2 is 2.32 bits per heavy atom. The lowest BCUT2D eigenvalue weighted by Gasteiger charge is -2.23. The van der Waals surface area contributed by atoms with E-state index in [1.165, 1.54) is 11.1 Å². The maximum absolute atomic E-state index is 10.2. The molecular weight excluding hydrogens is 238 g/mol. The van der Waals surface area contributed by atoms with E-state index in [0.29, 0.717) is 25.8 Å². The molecule has 1 heterocycles. The van der Waals surface area contributed by atoms with Crippen molar-refractivity contribution in [2.45, 2.75) is 44.8 Å². The summed E-state index contributed by atoms with van der Waals surface area (Å²) in [7, 11) is 0. The second-order valence-electron chi connectivity index (χ2n) is 5.84. The Labute approximate surface area is 116 Å². The van der Waals surface area contributed by atoms with Crippen molar-refractivity contribution < 1.29 is 9.84 Å². The standard InChI is InChI=1S/C16H25NO2/c1-13-4-3-5-15(10-13)7-6-14(2)17-11-16(18)8-9-19-12-16/h3-5,10,14,17-18H,6-9,11-12H2,1-2H3. The minimum atomic E-state index is -0.655. The van der Waals surface area contributed by atoms with Crippen molar-refractivity contribution in [1.82, 2.24) is 5.32 Å². The van der Waals surface area contributed by atoms with Crippen molar-refractivity contribution in [2.75, 3.05) is 19.8 Å². The van der Waals surface area contributed by atoms with Gasteiger partial charge in [-0.3, -0.25) is 0 Å². The fourth-order valence-electron chi connectivity index (χ4n) is 2.45. The van der Waals surface area contributed by atoms with Gasteiger partial charge in [-0.25, -0.2) is 0 Å². The highest BCUT2D eigenvalue weighted by molar-refractivity contribution is 5.22. The van der Waals surface area contributed by atoms with E-state index < -0.39 is 5.60 Å². The second kappa shape index (κ2) is 6.51. The number of benzene rings is 1. The molecule has 1 saturated heterocycles. The lowest BCUT2D eigenvalue weighted by molar-refractivity contribution is 0.0250. The fourth-order valence-corrected chi connectivity index (χ4v) is 2.45. The molecule has 2 rings (SSSR count). The topological polar surface area (TPSA) is 41.5 Å². The monoisotopic (exact) mass is 263 g/mol. The molecule has 0 aromatic heterocycles. The van der Waals surface area contributed by atoms with Crippen LogP contribution in [0.15, 0.2) is 24.3 Å². The summed E-state index contributed by atoms with van der Waals surface area (Å²) in [6.07, 6.45) is 2.90. The zero-order valence-corrected chi connectivity index (χ0v) is 12.0. The van der Waals surface area contributed by atoms with Gasteiger partial charge in [-0.15, -0.1) is 0 Å². The summed E-state index contributed by atoms with van der Waals surface area (Å²) in [6.45, 7) is 6.07. The highest BCUT2D eigenvalue weighted by Crippen LogP contribution is 2.17. The summed E-state index contributed by atoms with van der Waals surface area (Å²) in [5.74, 6) is 0. The third-order valence-electron chi connectivity index (χ3n) is 3.81. The molecule has 106 valence electrons. The molecule has 0 aliphatic carbocycles. The average molecular weight is 263 g/mol. The number of nitrogens with one attached hydrogen (secondary N) is 1. The van der Waals surface area contributed by atoms with Gasteiger partial charge >= 0.3 is 0 Å². The summed E-state index contributed by atoms with van der Waals surface area (Å²) >= 11 is 0. The Hall–Kier alpha value is -0.900. The first kappa shape index (κ1) is 14.5. The third kappa shape index (κ3) is 4.60. The molecule has 2 unspecified atom stereocenters. The predicted octanol–water partition coefficient (Wildman–Crippen LogP) is 2.06. The zero-order chi connectivity index (χ0) is 13.7. The van der Waals surface area contributed by atoms with Gasteiger partial charge in [0.1, 0.15) is 5.60 Å². The van der Waals surface area contributed by atoms with Crippen LogP contribution in [0.4, 0.5) is 0 Å². The quantitative estimate of drug-likeness (QED) is 0.825. The number of rotatable bonds is 6. The second-order valence-corrected chi connectivity index (χ2v) is 5.84. The van der Waals surface area contributed by atoms with Gasteiger partial charge in [0.15, 0.2) is 0 Å². The van der Waals surface area contributed by atoms with Crippen molar-refractivity contribution >= 4 is 0 Å². The Morgan fingerprint density at radius 1 is 1.47 bits per heavy atom. The van der Waals surface area contributed by atoms with Gasteiger partial charge in [-0.05, 0) is 32.3 Å². The lowest BCUT2D eigenvalue weighted by Crippen LogP contribution is -2.44. The molecule has 3 nitrogen and oxygen atoms in total. The fraction of sp³-hybridized carbons (Fsp3) is 0.625. The summed E-state index contributed by atoms with van der Waals surface area (Å²) in [5.41, 5.74) is 2.05. The minimum absolute atomic E-state index is 0.408. The highest BCUT2D eigenvalue weighted by atomic mass is 16.5. The van der Waals surface area contributed by atoms with Crippen molar-refractivity contribution in [1.29, 1.82) is 0 Å². The summed E-state index contributed by atoms with van der Waals surface area (Å²) < 4.78 is 5.24. The van der Waals surface area contributed by atoms with Crippen LogP contribution >= 0.6 is 0 Å². The van der Waals surface area contributed by atoms with Crippen LogP contribution in [0, 0.1) is 6.92 Å². The van der Waals surface area contributed by atoms with Crippen LogP contribution < -0.4 is 5.32 Å². The Kier molecular flexibility index (Phi) is 4.97. The summed E-state index contributed by atoms with van der Waals surface area (Å²) in [6, 6.07) is 9.07. The van der Waals surface area contributed by atoms with Crippen molar-refractivity contribution in [3.8, 4) is 0 Å². The molecule has 1 aliphatic rings. The molecule has 0 radical (unpaired) electrons. The van der Waals surface area contributed by atoms with Crippen molar-refractivity contribution in [3.05, 3.63) is 35.4 Å². The lowest BCUT2D eigenvalue weighted by atomic mass is 10.0. The van der Waals surface area contributed by atoms with Crippen LogP contribution in [0.2, 0.25) is 0 Å². The molecule has 2 N–H and O–H groups in total. The Balaban J connectivity index is 1.71. The van der Waals surface area contributed by atoms with E-state index >= 15 is 0 Å². The van der Waals surface area contributed by atoms with E-state index in [1.54, 1.807) is 0 Å². The van der Waals surface area contributed by atoms with Gasteiger partial charge in [-0.2, -0.15) is 0 Å². The van der Waals surface area contributed by atoms with E-state index in [-0.39, 0.29) is 0 Å². The van der Waals surface area contributed by atoms with Gasteiger partial charge in [0, 0.05) is 25.6 Å². The van der Waals surface area contributed by atoms with E-state index in [9.17, 15) is 5.11 Å². The molecule has 1 fully saturated rings. The molecule has 0 spiro atoms. The van der Waals surface area contributed by atoms with Crippen LogP contribution in [0.1, 0.15) is 30.9 Å². The average Bonchev–Trinajstić information content (AvgIpc) is 2.82. The minimum Gasteiger partial charge on any atom is -0.386 e. The molecule has 1 aromatic rings. The zero-order valence-electron chi connectivity index (χ0n) is 12.0. The SMILES string of the molecule is Cc1cccc(CCC(C)NCC2(O)CCOC2)c1. The van der Waals surface area contributed by atoms with E-state index in [0.717, 1.165) is 19.3 Å². The van der Waals surface area contributed by atoms with Gasteiger partial charge in [0.25, 0.3) is 0 Å². The number of aliphatic hydroxyl groups is 1. The predicted molar refractivity (Wildman–Crippen MR) is 77.4 cm³/mol. The van der Waals surface area contributed by atoms with Crippen molar-refractivity contribution in [2.24, 2.45) is 0 Å². The van der Waals surface area contributed by atoms with Crippen LogP contribution in [0.5, 0.6) is 0 Å². The largest absolute Gasteiger partial charge is 0.386 e. The maximum atomic E-state index is 10.2. The van der Waals surface area contributed by atoms with Crippen molar-refractivity contribution in [3.63, 3.8) is 0 Å². The Morgan fingerprint density at radius 3 is 3.00 bits per heavy atom. The van der Waals surface area contributed by atoms with Crippen LogP contribution in [0.3, 0.4) is 0 Å². The smallest absolute Gasteiger partial charge is 0.102 e. The van der Waals surface area contributed by atoms with Crippen LogP contribution in [-0.2, 0) is 11.2 Å². The normalized spacial score (nSPS) is 24.6. The van der Waals surface area contributed by atoms with Gasteiger partial charge in [0.05, 0.1) is 6.61 Å². The molecule has 19 heavy (non-hydrogen) atoms. The number of hydrogen-bond donors (Lipinski definition) is 2. The molecule has 1 aromatic carbocycles.